The van der Waals surface area contributed by atoms with E-state index in [0.29, 0.717) is 17.3 Å². The van der Waals surface area contributed by atoms with Crippen LogP contribution in [0.15, 0.2) is 42.5 Å². The van der Waals surface area contributed by atoms with Gasteiger partial charge in [-0.15, -0.1) is 0 Å². The summed E-state index contributed by atoms with van der Waals surface area (Å²) in [5.74, 6) is -1.19. The molecule has 2 aromatic carbocycles. The lowest BCUT2D eigenvalue weighted by molar-refractivity contribution is 0.584. The van der Waals surface area contributed by atoms with Crippen LogP contribution in [0.3, 0.4) is 0 Å². The van der Waals surface area contributed by atoms with Crippen molar-refractivity contribution in [2.75, 3.05) is 5.32 Å². The van der Waals surface area contributed by atoms with E-state index >= 15 is 0 Å². The van der Waals surface area contributed by atoms with Gasteiger partial charge in [-0.05, 0) is 29.8 Å². The molecule has 0 spiro atoms. The molecular formula is C13H10ClF2N. The van der Waals surface area contributed by atoms with Crippen molar-refractivity contribution < 1.29 is 8.78 Å². The van der Waals surface area contributed by atoms with E-state index in [0.717, 1.165) is 11.6 Å². The minimum Gasteiger partial charge on any atom is -0.381 e. The van der Waals surface area contributed by atoms with Gasteiger partial charge in [-0.1, -0.05) is 23.7 Å². The summed E-state index contributed by atoms with van der Waals surface area (Å²) >= 11 is 5.75. The summed E-state index contributed by atoms with van der Waals surface area (Å²) in [4.78, 5) is 0. The Morgan fingerprint density at radius 3 is 2.12 bits per heavy atom. The average Bonchev–Trinajstić information content (AvgIpc) is 2.27. The predicted molar refractivity (Wildman–Crippen MR) is 65.1 cm³/mol. The van der Waals surface area contributed by atoms with Gasteiger partial charge in [0.25, 0.3) is 0 Å². The minimum absolute atomic E-state index is 0.414. The number of halogens is 3. The largest absolute Gasteiger partial charge is 0.381 e. The topological polar surface area (TPSA) is 12.0 Å². The Balaban J connectivity index is 2.04. The zero-order chi connectivity index (χ0) is 12.3. The first-order valence-corrected chi connectivity index (χ1v) is 5.46. The standard InChI is InChI=1S/C13H10ClF2N/c14-10-3-1-9(2-4-10)8-17-13-6-11(15)5-12(16)7-13/h1-7,17H,8H2. The van der Waals surface area contributed by atoms with Crippen LogP contribution in [0.25, 0.3) is 0 Å². The van der Waals surface area contributed by atoms with Gasteiger partial charge in [0, 0.05) is 23.3 Å². The van der Waals surface area contributed by atoms with Crippen LogP contribution < -0.4 is 5.32 Å². The number of benzene rings is 2. The maximum atomic E-state index is 12.9. The second-order valence-corrected chi connectivity index (χ2v) is 4.07. The van der Waals surface area contributed by atoms with Crippen molar-refractivity contribution in [3.8, 4) is 0 Å². The monoisotopic (exact) mass is 253 g/mol. The zero-order valence-electron chi connectivity index (χ0n) is 8.88. The number of rotatable bonds is 3. The molecule has 1 nitrogen and oxygen atoms in total. The Labute approximate surface area is 103 Å². The first-order chi connectivity index (χ1) is 8.13. The number of hydrogen-bond acceptors (Lipinski definition) is 1. The molecule has 0 fully saturated rings. The third-order valence-electron chi connectivity index (χ3n) is 2.27. The van der Waals surface area contributed by atoms with Gasteiger partial charge < -0.3 is 5.32 Å². The molecule has 0 atom stereocenters. The van der Waals surface area contributed by atoms with E-state index in [-0.39, 0.29) is 0 Å². The second-order valence-electron chi connectivity index (χ2n) is 3.64. The predicted octanol–water partition coefficient (Wildman–Crippen LogP) is 4.23. The van der Waals surface area contributed by atoms with Crippen LogP contribution in [0.2, 0.25) is 5.02 Å². The lowest BCUT2D eigenvalue weighted by atomic mass is 10.2. The van der Waals surface area contributed by atoms with E-state index in [1.54, 1.807) is 12.1 Å². The van der Waals surface area contributed by atoms with E-state index in [9.17, 15) is 8.78 Å². The molecule has 0 aliphatic carbocycles. The van der Waals surface area contributed by atoms with Gasteiger partial charge in [0.15, 0.2) is 0 Å². The molecule has 0 aliphatic heterocycles. The molecule has 0 aromatic heterocycles. The molecule has 4 heteroatoms. The lowest BCUT2D eigenvalue weighted by Gasteiger charge is -2.07. The zero-order valence-corrected chi connectivity index (χ0v) is 9.64. The lowest BCUT2D eigenvalue weighted by Crippen LogP contribution is -2.00. The van der Waals surface area contributed by atoms with Crippen molar-refractivity contribution in [1.29, 1.82) is 0 Å². The van der Waals surface area contributed by atoms with Crippen molar-refractivity contribution in [3.05, 3.63) is 64.7 Å². The molecule has 0 heterocycles. The molecule has 0 saturated heterocycles. The molecule has 0 aliphatic rings. The smallest absolute Gasteiger partial charge is 0.128 e. The number of hydrogen-bond donors (Lipinski definition) is 1. The van der Waals surface area contributed by atoms with Gasteiger partial charge >= 0.3 is 0 Å². The van der Waals surface area contributed by atoms with E-state index in [1.807, 2.05) is 12.1 Å². The molecule has 0 saturated carbocycles. The fourth-order valence-electron chi connectivity index (χ4n) is 1.46. The third kappa shape index (κ3) is 3.43. The summed E-state index contributed by atoms with van der Waals surface area (Å²) in [7, 11) is 0. The van der Waals surface area contributed by atoms with Crippen molar-refractivity contribution in [3.63, 3.8) is 0 Å². The van der Waals surface area contributed by atoms with Gasteiger partial charge in [0.2, 0.25) is 0 Å². The molecule has 0 bridgehead atoms. The highest BCUT2D eigenvalue weighted by Gasteiger charge is 2.00. The van der Waals surface area contributed by atoms with E-state index in [1.165, 1.54) is 12.1 Å². The Bertz CT molecular complexity index is 491. The molecule has 1 N–H and O–H groups in total. The van der Waals surface area contributed by atoms with Crippen molar-refractivity contribution in [1.82, 2.24) is 0 Å². The quantitative estimate of drug-likeness (QED) is 0.863. The average molecular weight is 254 g/mol. The second kappa shape index (κ2) is 5.15. The van der Waals surface area contributed by atoms with Gasteiger partial charge in [-0.3, -0.25) is 0 Å². The summed E-state index contributed by atoms with van der Waals surface area (Å²) in [6, 6.07) is 10.6. The van der Waals surface area contributed by atoms with Gasteiger partial charge in [-0.2, -0.15) is 0 Å². The normalized spacial score (nSPS) is 10.3. The highest BCUT2D eigenvalue weighted by molar-refractivity contribution is 6.30. The van der Waals surface area contributed by atoms with Crippen LogP contribution in [0.1, 0.15) is 5.56 Å². The van der Waals surface area contributed by atoms with E-state index in [4.69, 9.17) is 11.6 Å². The summed E-state index contributed by atoms with van der Waals surface area (Å²) < 4.78 is 25.8. The molecule has 2 aromatic rings. The van der Waals surface area contributed by atoms with E-state index in [2.05, 4.69) is 5.32 Å². The highest BCUT2D eigenvalue weighted by Crippen LogP contribution is 2.15. The summed E-state index contributed by atoms with van der Waals surface area (Å²) in [6.45, 7) is 0.486. The first kappa shape index (κ1) is 11.9. The summed E-state index contributed by atoms with van der Waals surface area (Å²) in [5, 5.41) is 3.60. The highest BCUT2D eigenvalue weighted by atomic mass is 35.5. The Hall–Kier alpha value is -1.61. The Kier molecular flexibility index (Phi) is 3.59. The Morgan fingerprint density at radius 2 is 1.53 bits per heavy atom. The van der Waals surface area contributed by atoms with Crippen molar-refractivity contribution >= 4 is 17.3 Å². The van der Waals surface area contributed by atoms with Crippen LogP contribution in [-0.4, -0.2) is 0 Å². The van der Waals surface area contributed by atoms with Gasteiger partial charge in [0.1, 0.15) is 11.6 Å². The summed E-state index contributed by atoms with van der Waals surface area (Å²) in [5.41, 5.74) is 1.40. The molecule has 0 radical (unpaired) electrons. The molecule has 0 amide bonds. The summed E-state index contributed by atoms with van der Waals surface area (Å²) in [6.07, 6.45) is 0. The fourth-order valence-corrected chi connectivity index (χ4v) is 1.59. The number of anilines is 1. The van der Waals surface area contributed by atoms with Crippen LogP contribution in [-0.2, 0) is 6.54 Å². The maximum Gasteiger partial charge on any atom is 0.128 e. The number of nitrogens with one attached hydrogen (secondary N) is 1. The molecule has 2 rings (SSSR count). The SMILES string of the molecule is Fc1cc(F)cc(NCc2ccc(Cl)cc2)c1. The first-order valence-electron chi connectivity index (χ1n) is 5.08. The van der Waals surface area contributed by atoms with Crippen LogP contribution in [0, 0.1) is 11.6 Å². The fraction of sp³-hybridized carbons (Fsp3) is 0.0769. The van der Waals surface area contributed by atoms with Crippen LogP contribution in [0.4, 0.5) is 14.5 Å². The third-order valence-corrected chi connectivity index (χ3v) is 2.52. The Morgan fingerprint density at radius 1 is 0.941 bits per heavy atom. The van der Waals surface area contributed by atoms with Crippen molar-refractivity contribution in [2.24, 2.45) is 0 Å². The van der Waals surface area contributed by atoms with E-state index < -0.39 is 11.6 Å². The molecular weight excluding hydrogens is 244 g/mol. The van der Waals surface area contributed by atoms with Crippen LogP contribution in [0.5, 0.6) is 0 Å². The minimum atomic E-state index is -0.594. The van der Waals surface area contributed by atoms with Crippen molar-refractivity contribution in [2.45, 2.75) is 6.54 Å². The van der Waals surface area contributed by atoms with Crippen LogP contribution >= 0.6 is 11.6 Å². The van der Waals surface area contributed by atoms with Gasteiger partial charge in [0.05, 0.1) is 0 Å². The molecule has 0 unspecified atom stereocenters. The molecule has 88 valence electrons. The maximum absolute atomic E-state index is 12.9. The molecule has 17 heavy (non-hydrogen) atoms. The van der Waals surface area contributed by atoms with Gasteiger partial charge in [-0.25, -0.2) is 8.78 Å².